The molecule has 6 nitrogen and oxygen atoms in total. The average Bonchev–Trinajstić information content (AvgIpc) is 3.37. The Morgan fingerprint density at radius 3 is 2.58 bits per heavy atom. The first-order valence-electron chi connectivity index (χ1n) is 9.28. The number of furan rings is 1. The van der Waals surface area contributed by atoms with E-state index in [1.165, 1.54) is 36.5 Å². The molecule has 1 atom stereocenters. The molecule has 1 saturated heterocycles. The van der Waals surface area contributed by atoms with Crippen molar-refractivity contribution in [2.75, 3.05) is 12.0 Å². The maximum absolute atomic E-state index is 13.1. The number of benzene rings is 2. The van der Waals surface area contributed by atoms with Gasteiger partial charge in [0.05, 0.1) is 24.0 Å². The van der Waals surface area contributed by atoms with Gasteiger partial charge in [0.2, 0.25) is 0 Å². The van der Waals surface area contributed by atoms with E-state index in [9.17, 15) is 14.7 Å². The molecule has 1 aliphatic heterocycles. The topological polar surface area (TPSA) is 80.0 Å². The van der Waals surface area contributed by atoms with Gasteiger partial charge < -0.3 is 14.3 Å². The quantitative estimate of drug-likeness (QED) is 0.316. The van der Waals surface area contributed by atoms with Crippen LogP contribution in [0.25, 0.3) is 5.76 Å². The minimum Gasteiger partial charge on any atom is -0.507 e. The van der Waals surface area contributed by atoms with Gasteiger partial charge in [-0.05, 0) is 55.0 Å². The second-order valence-corrected chi connectivity index (χ2v) is 7.81. The second-order valence-electron chi connectivity index (χ2n) is 6.96. The number of anilines is 1. The van der Waals surface area contributed by atoms with Gasteiger partial charge in [0, 0.05) is 16.3 Å². The molecule has 31 heavy (non-hydrogen) atoms. The Labute approximate surface area is 188 Å². The first kappa shape index (κ1) is 21.0. The Hall–Kier alpha value is -3.22. The third-order valence-corrected chi connectivity index (χ3v) is 5.66. The van der Waals surface area contributed by atoms with Gasteiger partial charge in [-0.3, -0.25) is 14.5 Å². The molecular formula is C23H17Cl2NO5. The standard InChI is InChI=1S/C23H17Cl2NO5/c1-12-5-7-14(24)11-16(12)26-20(17-4-3-9-31-17)19(22(28)23(26)29)21(27)13-6-8-15(25)18(10-13)30-2/h3-11,20,27H,1-2H3/b21-19-. The van der Waals surface area contributed by atoms with Crippen molar-refractivity contribution in [1.29, 1.82) is 0 Å². The number of halogens is 2. The number of hydrogen-bond acceptors (Lipinski definition) is 5. The lowest BCUT2D eigenvalue weighted by Crippen LogP contribution is -2.30. The number of carbonyl (C=O) groups is 2. The van der Waals surface area contributed by atoms with E-state index >= 15 is 0 Å². The molecule has 0 spiro atoms. The highest BCUT2D eigenvalue weighted by Gasteiger charge is 2.48. The molecule has 0 bridgehead atoms. The number of amides is 1. The normalized spacial score (nSPS) is 17.9. The van der Waals surface area contributed by atoms with Gasteiger partial charge in [-0.15, -0.1) is 0 Å². The van der Waals surface area contributed by atoms with E-state index in [0.717, 1.165) is 5.56 Å². The first-order valence-corrected chi connectivity index (χ1v) is 10.0. The molecule has 0 aliphatic carbocycles. The monoisotopic (exact) mass is 457 g/mol. The van der Waals surface area contributed by atoms with Crippen LogP contribution in [0.3, 0.4) is 0 Å². The van der Waals surface area contributed by atoms with Crippen LogP contribution < -0.4 is 9.64 Å². The summed E-state index contributed by atoms with van der Waals surface area (Å²) in [4.78, 5) is 27.5. The van der Waals surface area contributed by atoms with Gasteiger partial charge in [0.1, 0.15) is 23.3 Å². The molecule has 1 fully saturated rings. The Balaban J connectivity index is 1.95. The molecule has 8 heteroatoms. The third kappa shape index (κ3) is 3.58. The van der Waals surface area contributed by atoms with Crippen molar-refractivity contribution in [2.45, 2.75) is 13.0 Å². The van der Waals surface area contributed by atoms with Gasteiger partial charge in [-0.25, -0.2) is 0 Å². The van der Waals surface area contributed by atoms with Crippen LogP contribution in [0.1, 0.15) is 22.9 Å². The van der Waals surface area contributed by atoms with Crippen LogP contribution in [0.5, 0.6) is 5.75 Å². The number of rotatable bonds is 4. The molecule has 1 aromatic heterocycles. The summed E-state index contributed by atoms with van der Waals surface area (Å²) in [6.07, 6.45) is 1.44. The number of aliphatic hydroxyl groups excluding tert-OH is 1. The van der Waals surface area contributed by atoms with Gasteiger partial charge in [-0.1, -0.05) is 29.3 Å². The highest BCUT2D eigenvalue weighted by molar-refractivity contribution is 6.52. The molecule has 1 amide bonds. The Morgan fingerprint density at radius 1 is 1.13 bits per heavy atom. The minimum atomic E-state index is -0.978. The lowest BCUT2D eigenvalue weighted by atomic mass is 9.99. The summed E-state index contributed by atoms with van der Waals surface area (Å²) in [6, 6.07) is 11.9. The van der Waals surface area contributed by atoms with Crippen LogP contribution in [0, 0.1) is 6.92 Å². The molecule has 4 rings (SSSR count). The summed E-state index contributed by atoms with van der Waals surface area (Å²) in [6.45, 7) is 1.80. The molecule has 2 heterocycles. The minimum absolute atomic E-state index is 0.108. The van der Waals surface area contributed by atoms with Crippen molar-refractivity contribution in [2.24, 2.45) is 0 Å². The van der Waals surface area contributed by atoms with Gasteiger partial charge >= 0.3 is 0 Å². The number of carbonyl (C=O) groups excluding carboxylic acids is 2. The highest BCUT2D eigenvalue weighted by atomic mass is 35.5. The average molecular weight is 458 g/mol. The lowest BCUT2D eigenvalue weighted by Gasteiger charge is -2.25. The van der Waals surface area contributed by atoms with Crippen molar-refractivity contribution in [3.05, 3.63) is 87.3 Å². The molecule has 2 aromatic carbocycles. The lowest BCUT2D eigenvalue weighted by molar-refractivity contribution is -0.132. The summed E-state index contributed by atoms with van der Waals surface area (Å²) >= 11 is 12.2. The van der Waals surface area contributed by atoms with Gasteiger partial charge in [0.15, 0.2) is 0 Å². The Kier molecular flexibility index (Phi) is 5.52. The molecular weight excluding hydrogens is 441 g/mol. The zero-order valence-electron chi connectivity index (χ0n) is 16.6. The largest absolute Gasteiger partial charge is 0.507 e. The molecule has 1 unspecified atom stereocenters. The van der Waals surface area contributed by atoms with E-state index in [4.69, 9.17) is 32.4 Å². The van der Waals surface area contributed by atoms with Crippen LogP contribution >= 0.6 is 23.2 Å². The van der Waals surface area contributed by atoms with Crippen LogP contribution in [-0.2, 0) is 9.59 Å². The smallest absolute Gasteiger partial charge is 0.300 e. The summed E-state index contributed by atoms with van der Waals surface area (Å²) in [5.41, 5.74) is 1.35. The first-order chi connectivity index (χ1) is 14.8. The van der Waals surface area contributed by atoms with Crippen molar-refractivity contribution >= 4 is 46.3 Å². The van der Waals surface area contributed by atoms with Crippen LogP contribution in [0.2, 0.25) is 10.0 Å². The van der Waals surface area contributed by atoms with E-state index in [1.54, 1.807) is 37.3 Å². The fourth-order valence-electron chi connectivity index (χ4n) is 3.60. The molecule has 1 aliphatic rings. The number of ether oxygens (including phenoxy) is 1. The summed E-state index contributed by atoms with van der Waals surface area (Å²) < 4.78 is 10.7. The van der Waals surface area contributed by atoms with E-state index in [2.05, 4.69) is 0 Å². The molecule has 0 radical (unpaired) electrons. The van der Waals surface area contributed by atoms with Crippen LogP contribution in [0.15, 0.2) is 64.8 Å². The fraction of sp³-hybridized carbons (Fsp3) is 0.130. The van der Waals surface area contributed by atoms with Crippen molar-refractivity contribution < 1.29 is 23.8 Å². The van der Waals surface area contributed by atoms with Crippen molar-refractivity contribution in [3.8, 4) is 5.75 Å². The van der Waals surface area contributed by atoms with Crippen LogP contribution in [0.4, 0.5) is 5.69 Å². The van der Waals surface area contributed by atoms with E-state index in [1.807, 2.05) is 0 Å². The summed E-state index contributed by atoms with van der Waals surface area (Å²) in [7, 11) is 1.44. The number of nitrogens with zero attached hydrogens (tertiary/aromatic N) is 1. The zero-order chi connectivity index (χ0) is 22.3. The van der Waals surface area contributed by atoms with Crippen molar-refractivity contribution in [1.82, 2.24) is 0 Å². The van der Waals surface area contributed by atoms with Crippen LogP contribution in [-0.4, -0.2) is 23.9 Å². The molecule has 1 N–H and O–H groups in total. The van der Waals surface area contributed by atoms with Crippen molar-refractivity contribution in [3.63, 3.8) is 0 Å². The number of hydrogen-bond donors (Lipinski definition) is 1. The predicted octanol–water partition coefficient (Wildman–Crippen LogP) is 5.53. The Morgan fingerprint density at radius 2 is 1.90 bits per heavy atom. The number of ketones is 1. The number of methoxy groups -OCH3 is 1. The van der Waals surface area contributed by atoms with E-state index in [-0.39, 0.29) is 16.9 Å². The number of aryl methyl sites for hydroxylation is 1. The fourth-order valence-corrected chi connectivity index (χ4v) is 3.96. The summed E-state index contributed by atoms with van der Waals surface area (Å²) in [5.74, 6) is -1.36. The number of Topliss-reactive ketones (excluding diaryl/α,β-unsaturated/α-hetero) is 1. The summed E-state index contributed by atoms with van der Waals surface area (Å²) in [5, 5.41) is 11.8. The predicted molar refractivity (Wildman–Crippen MR) is 118 cm³/mol. The molecule has 158 valence electrons. The maximum Gasteiger partial charge on any atom is 0.300 e. The molecule has 0 saturated carbocycles. The highest BCUT2D eigenvalue weighted by Crippen LogP contribution is 2.44. The van der Waals surface area contributed by atoms with Gasteiger partial charge in [0.25, 0.3) is 11.7 Å². The SMILES string of the molecule is COc1cc(/C(O)=C2/C(=O)C(=O)N(c3cc(Cl)ccc3C)C2c2ccco2)ccc1Cl. The third-order valence-electron chi connectivity index (χ3n) is 5.11. The van der Waals surface area contributed by atoms with Gasteiger partial charge in [-0.2, -0.15) is 0 Å². The maximum atomic E-state index is 13.1. The Bertz CT molecular complexity index is 1220. The second kappa shape index (κ2) is 8.13. The molecule has 3 aromatic rings. The zero-order valence-corrected chi connectivity index (χ0v) is 18.1. The van der Waals surface area contributed by atoms with E-state index < -0.39 is 17.7 Å². The van der Waals surface area contributed by atoms with E-state index in [0.29, 0.717) is 27.2 Å². The number of aliphatic hydroxyl groups is 1.